The molecule has 3 heteroatoms. The summed E-state index contributed by atoms with van der Waals surface area (Å²) < 4.78 is 0. The van der Waals surface area contributed by atoms with E-state index in [4.69, 9.17) is 15.7 Å². The Kier molecular flexibility index (Phi) is 5.71. The van der Waals surface area contributed by atoms with Crippen LogP contribution in [0.2, 0.25) is 0 Å². The lowest BCUT2D eigenvalue weighted by atomic mass is 9.46. The minimum atomic E-state index is -0.756. The van der Waals surface area contributed by atoms with Crippen LogP contribution in [0.4, 0.5) is 0 Å². The second-order valence-corrected chi connectivity index (χ2v) is 3.77. The summed E-state index contributed by atoms with van der Waals surface area (Å²) in [5.74, 6) is 0.203. The fraction of sp³-hybridized carbons (Fsp3) is 0.583. The highest BCUT2D eigenvalue weighted by molar-refractivity contribution is 6.40. The molecule has 0 aliphatic heterocycles. The van der Waals surface area contributed by atoms with Gasteiger partial charge in [0.1, 0.15) is 0 Å². The summed E-state index contributed by atoms with van der Waals surface area (Å²) in [6, 6.07) is 3.80. The lowest BCUT2D eigenvalue weighted by molar-refractivity contribution is 0.569. The van der Waals surface area contributed by atoms with Gasteiger partial charge in [0.15, 0.2) is 0 Å². The van der Waals surface area contributed by atoms with E-state index in [2.05, 4.69) is 4.98 Å². The van der Waals surface area contributed by atoms with Gasteiger partial charge in [-0.15, -0.1) is 0 Å². The fourth-order valence-corrected chi connectivity index (χ4v) is 1.15. The van der Waals surface area contributed by atoms with Crippen molar-refractivity contribution in [1.29, 1.82) is 0 Å². The quantitative estimate of drug-likeness (QED) is 0.666. The van der Waals surface area contributed by atoms with Crippen LogP contribution < -0.4 is 0 Å². The third kappa shape index (κ3) is 3.73. The number of rotatable bonds is 2. The van der Waals surface area contributed by atoms with Gasteiger partial charge in [-0.2, -0.15) is 0 Å². The smallest absolute Gasteiger partial charge is 0.0686 e. The SMILES string of the molecule is CC.[B]C([B])(c1ccnc(C)c1)C(C)C. The number of nitrogens with zero attached hydrogens (tertiary/aromatic N) is 1. The summed E-state index contributed by atoms with van der Waals surface area (Å²) in [4.78, 5) is 4.10. The van der Waals surface area contributed by atoms with Gasteiger partial charge in [-0.1, -0.05) is 44.4 Å². The molecule has 0 atom stereocenters. The molecule has 1 aromatic rings. The lowest BCUT2D eigenvalue weighted by Crippen LogP contribution is -2.33. The van der Waals surface area contributed by atoms with Crippen LogP contribution >= 0.6 is 0 Å². The van der Waals surface area contributed by atoms with E-state index in [1.807, 2.05) is 46.8 Å². The van der Waals surface area contributed by atoms with Crippen LogP contribution in [0.3, 0.4) is 0 Å². The predicted octanol–water partition coefficient (Wildman–Crippen LogP) is 2.56. The highest BCUT2D eigenvalue weighted by Crippen LogP contribution is 2.25. The van der Waals surface area contributed by atoms with Crippen molar-refractivity contribution < 1.29 is 0 Å². The molecule has 0 amide bonds. The average molecular weight is 199 g/mol. The van der Waals surface area contributed by atoms with Crippen molar-refractivity contribution >= 4 is 15.7 Å². The molecule has 15 heavy (non-hydrogen) atoms. The molecule has 4 radical (unpaired) electrons. The van der Waals surface area contributed by atoms with Crippen molar-refractivity contribution in [2.75, 3.05) is 0 Å². The molecule has 0 aliphatic rings. The molecule has 0 aromatic carbocycles. The number of hydrogen-bond donors (Lipinski definition) is 0. The largest absolute Gasteiger partial charge is 0.262 e. The molecule has 0 aliphatic carbocycles. The van der Waals surface area contributed by atoms with Crippen LogP contribution in [0.15, 0.2) is 18.3 Å². The van der Waals surface area contributed by atoms with Crippen LogP contribution in [0.1, 0.15) is 39.0 Å². The Morgan fingerprint density at radius 1 is 1.27 bits per heavy atom. The number of pyridine rings is 1. The van der Waals surface area contributed by atoms with Crippen LogP contribution in [0.5, 0.6) is 0 Å². The zero-order chi connectivity index (χ0) is 12.1. The van der Waals surface area contributed by atoms with Gasteiger partial charge in [0.05, 0.1) is 15.7 Å². The van der Waals surface area contributed by atoms with Crippen LogP contribution in [0.25, 0.3) is 0 Å². The van der Waals surface area contributed by atoms with Crippen LogP contribution in [-0.2, 0) is 5.21 Å². The molecule has 0 fully saturated rings. The van der Waals surface area contributed by atoms with Crippen molar-refractivity contribution in [3.8, 4) is 0 Å². The Balaban J connectivity index is 0.000000921. The normalized spacial score (nSPS) is 10.8. The summed E-state index contributed by atoms with van der Waals surface area (Å²) >= 11 is 0. The third-order valence-corrected chi connectivity index (χ3v) is 2.35. The summed E-state index contributed by atoms with van der Waals surface area (Å²) in [5, 5.41) is -0.756. The van der Waals surface area contributed by atoms with E-state index in [9.17, 15) is 0 Å². The van der Waals surface area contributed by atoms with Crippen LogP contribution in [0, 0.1) is 12.8 Å². The molecule has 0 spiro atoms. The minimum absolute atomic E-state index is 0.203. The molecule has 1 heterocycles. The number of hydrogen-bond acceptors (Lipinski definition) is 1. The van der Waals surface area contributed by atoms with E-state index in [1.54, 1.807) is 6.20 Å². The molecular weight excluding hydrogens is 180 g/mol. The van der Waals surface area contributed by atoms with E-state index in [1.165, 1.54) is 0 Å². The summed E-state index contributed by atoms with van der Waals surface area (Å²) in [6.07, 6.45) is 1.74. The van der Waals surface area contributed by atoms with Gasteiger partial charge in [-0.3, -0.25) is 4.98 Å². The molecule has 0 bridgehead atoms. The molecule has 0 saturated carbocycles. The summed E-state index contributed by atoms with van der Waals surface area (Å²) in [7, 11) is 12.0. The van der Waals surface area contributed by atoms with Gasteiger partial charge < -0.3 is 0 Å². The zero-order valence-electron chi connectivity index (χ0n) is 10.4. The van der Waals surface area contributed by atoms with Gasteiger partial charge in [-0.05, 0) is 19.1 Å². The van der Waals surface area contributed by atoms with Gasteiger partial charge in [0.25, 0.3) is 0 Å². The van der Waals surface area contributed by atoms with E-state index in [0.717, 1.165) is 11.3 Å². The van der Waals surface area contributed by atoms with Gasteiger partial charge in [-0.25, -0.2) is 0 Å². The Morgan fingerprint density at radius 2 is 1.80 bits per heavy atom. The van der Waals surface area contributed by atoms with Crippen molar-refractivity contribution in [2.45, 2.75) is 39.8 Å². The molecule has 0 unspecified atom stereocenters. The van der Waals surface area contributed by atoms with Gasteiger partial charge in [0, 0.05) is 11.9 Å². The maximum Gasteiger partial charge on any atom is 0.0686 e. The first-order valence-electron chi connectivity index (χ1n) is 5.45. The first-order valence-corrected chi connectivity index (χ1v) is 5.45. The van der Waals surface area contributed by atoms with E-state index < -0.39 is 5.21 Å². The van der Waals surface area contributed by atoms with E-state index in [0.29, 0.717) is 0 Å². The number of aryl methyl sites for hydroxylation is 1. The summed E-state index contributed by atoms with van der Waals surface area (Å²) in [6.45, 7) is 9.95. The molecule has 0 saturated heterocycles. The monoisotopic (exact) mass is 199 g/mol. The maximum absolute atomic E-state index is 6.00. The highest BCUT2D eigenvalue weighted by Gasteiger charge is 2.23. The summed E-state index contributed by atoms with van der Waals surface area (Å²) in [5.41, 5.74) is 1.88. The Bertz CT molecular complexity index is 295. The highest BCUT2D eigenvalue weighted by atomic mass is 14.6. The van der Waals surface area contributed by atoms with Gasteiger partial charge in [0.2, 0.25) is 0 Å². The fourth-order valence-electron chi connectivity index (χ4n) is 1.15. The molecule has 1 nitrogen and oxygen atoms in total. The Hall–Kier alpha value is -0.720. The molecule has 1 aromatic heterocycles. The lowest BCUT2D eigenvalue weighted by Gasteiger charge is -2.31. The maximum atomic E-state index is 6.00. The van der Waals surface area contributed by atoms with Crippen molar-refractivity contribution in [2.24, 2.45) is 5.92 Å². The molecule has 1 rings (SSSR count). The Morgan fingerprint density at radius 3 is 2.20 bits per heavy atom. The minimum Gasteiger partial charge on any atom is -0.262 e. The Labute approximate surface area is 96.5 Å². The van der Waals surface area contributed by atoms with E-state index >= 15 is 0 Å². The second kappa shape index (κ2) is 5.99. The van der Waals surface area contributed by atoms with E-state index in [-0.39, 0.29) is 5.92 Å². The standard InChI is InChI=1S/C10H13B2N.C2H6/c1-7(2)10(11,12)9-4-5-13-8(3)6-9;1-2/h4-7H,1-3H3;1-2H3. The van der Waals surface area contributed by atoms with Crippen LogP contribution in [-0.4, -0.2) is 20.7 Å². The van der Waals surface area contributed by atoms with Crippen molar-refractivity contribution in [3.05, 3.63) is 29.6 Å². The zero-order valence-corrected chi connectivity index (χ0v) is 10.4. The number of aromatic nitrogens is 1. The molecular formula is C12H19B2N. The van der Waals surface area contributed by atoms with Crippen molar-refractivity contribution in [3.63, 3.8) is 0 Å². The second-order valence-electron chi connectivity index (χ2n) is 3.77. The topological polar surface area (TPSA) is 12.9 Å². The first kappa shape index (κ1) is 14.3. The predicted molar refractivity (Wildman–Crippen MR) is 68.3 cm³/mol. The average Bonchev–Trinajstić information content (AvgIpc) is 2.20. The molecule has 0 N–H and O–H groups in total. The van der Waals surface area contributed by atoms with Crippen molar-refractivity contribution in [1.82, 2.24) is 4.98 Å². The first-order chi connectivity index (χ1) is 6.94. The third-order valence-electron chi connectivity index (χ3n) is 2.35. The van der Waals surface area contributed by atoms with Gasteiger partial charge >= 0.3 is 0 Å². The molecule has 78 valence electrons.